The van der Waals surface area contributed by atoms with Crippen molar-refractivity contribution in [1.82, 2.24) is 0 Å². The van der Waals surface area contributed by atoms with Gasteiger partial charge in [-0.3, -0.25) is 0 Å². The smallest absolute Gasteiger partial charge is 0.335 e. The zero-order valence-corrected chi connectivity index (χ0v) is 11.6. The number of aliphatic hydroxyl groups is 1. The Hall–Kier alpha value is -1.30. The second kappa shape index (κ2) is 7.64. The molecule has 0 bridgehead atoms. The summed E-state index contributed by atoms with van der Waals surface area (Å²) in [5.74, 6) is -2.74. The summed E-state index contributed by atoms with van der Waals surface area (Å²) < 4.78 is 20.2. The van der Waals surface area contributed by atoms with Crippen molar-refractivity contribution in [2.45, 2.75) is 36.7 Å². The Morgan fingerprint density at radius 3 is 2.38 bits per heavy atom. The Kier molecular flexibility index (Phi) is 6.45. The molecule has 0 radical (unpaired) electrons. The third-order valence-corrected chi connectivity index (χ3v) is 3.09. The summed E-state index contributed by atoms with van der Waals surface area (Å²) in [5, 5.41) is 29.8. The second-order valence-corrected chi connectivity index (χ2v) is 4.50. The van der Waals surface area contributed by atoms with Gasteiger partial charge in [-0.05, 0) is 0 Å². The molecule has 0 spiro atoms. The van der Waals surface area contributed by atoms with Crippen LogP contribution in [0.2, 0.25) is 0 Å². The lowest BCUT2D eigenvalue weighted by Gasteiger charge is -2.41. The van der Waals surface area contributed by atoms with E-state index in [1.165, 1.54) is 14.2 Å². The Labute approximate surface area is 120 Å². The van der Waals surface area contributed by atoms with E-state index in [2.05, 4.69) is 5.73 Å². The molecule has 10 heteroatoms. The summed E-state index contributed by atoms with van der Waals surface area (Å²) in [6, 6.07) is -1.16. The lowest BCUT2D eigenvalue weighted by atomic mass is 9.98. The molecule has 0 aliphatic carbocycles. The maximum Gasteiger partial charge on any atom is 0.335 e. The van der Waals surface area contributed by atoms with Gasteiger partial charge in [0.15, 0.2) is 12.4 Å². The molecule has 0 saturated carbocycles. The Morgan fingerprint density at radius 2 is 1.95 bits per heavy atom. The van der Waals surface area contributed by atoms with Crippen molar-refractivity contribution in [2.24, 2.45) is 0 Å². The van der Waals surface area contributed by atoms with Crippen molar-refractivity contribution >= 4 is 11.9 Å². The van der Waals surface area contributed by atoms with Gasteiger partial charge >= 0.3 is 5.97 Å². The summed E-state index contributed by atoms with van der Waals surface area (Å²) in [7, 11) is 2.45. The number of carbonyl (C=O) groups is 2. The van der Waals surface area contributed by atoms with E-state index in [9.17, 15) is 19.8 Å². The molecule has 0 aromatic carbocycles. The first-order chi connectivity index (χ1) is 9.83. The van der Waals surface area contributed by atoms with Gasteiger partial charge in [0.1, 0.15) is 36.9 Å². The summed E-state index contributed by atoms with van der Waals surface area (Å²) in [6.45, 7) is -0.360. The first kappa shape index (κ1) is 17.8. The summed E-state index contributed by atoms with van der Waals surface area (Å²) in [6.07, 6.45) is -6.33. The van der Waals surface area contributed by atoms with Gasteiger partial charge in [-0.25, -0.2) is 4.79 Å². The zero-order chi connectivity index (χ0) is 16.2. The number of carboxylic acid groups (broad SMARTS) is 2. The average molecular weight is 309 g/mol. The van der Waals surface area contributed by atoms with Crippen LogP contribution in [-0.2, 0) is 28.5 Å². The molecule has 0 amide bonds. The molecule has 1 saturated heterocycles. The fourth-order valence-electron chi connectivity index (χ4n) is 1.95. The first-order valence-electron chi connectivity index (χ1n) is 6.11. The number of aliphatic hydroxyl groups excluding tert-OH is 1. The number of carboxylic acids is 2. The molecule has 1 aliphatic heterocycles. The maximum atomic E-state index is 11.1. The van der Waals surface area contributed by atoms with Crippen LogP contribution in [0.25, 0.3) is 0 Å². The third kappa shape index (κ3) is 4.09. The van der Waals surface area contributed by atoms with Crippen molar-refractivity contribution < 1.29 is 49.6 Å². The van der Waals surface area contributed by atoms with Gasteiger partial charge in [0.2, 0.25) is 0 Å². The van der Waals surface area contributed by atoms with Crippen molar-refractivity contribution in [1.29, 1.82) is 0 Å². The Bertz CT molecular complexity index is 377. The van der Waals surface area contributed by atoms with Crippen LogP contribution in [0.3, 0.4) is 0 Å². The van der Waals surface area contributed by atoms with E-state index in [1.54, 1.807) is 0 Å². The van der Waals surface area contributed by atoms with Gasteiger partial charge in [0.05, 0.1) is 0 Å². The molecule has 1 aliphatic rings. The fourth-order valence-corrected chi connectivity index (χ4v) is 1.95. The van der Waals surface area contributed by atoms with Crippen molar-refractivity contribution in [3.05, 3.63) is 0 Å². The van der Waals surface area contributed by atoms with Crippen LogP contribution in [0.15, 0.2) is 0 Å². The molecular weight excluding hydrogens is 290 g/mol. The van der Waals surface area contributed by atoms with Crippen molar-refractivity contribution in [3.63, 3.8) is 0 Å². The molecule has 0 aromatic heterocycles. The number of aliphatic carboxylic acids is 2. The van der Waals surface area contributed by atoms with Crippen molar-refractivity contribution in [3.8, 4) is 0 Å². The van der Waals surface area contributed by atoms with Gasteiger partial charge in [-0.1, -0.05) is 0 Å². The lowest BCUT2D eigenvalue weighted by molar-refractivity contribution is -0.446. The fraction of sp³-hybridized carbons (Fsp3) is 0.818. The third-order valence-electron chi connectivity index (χ3n) is 3.09. The van der Waals surface area contributed by atoms with E-state index in [4.69, 9.17) is 24.1 Å². The van der Waals surface area contributed by atoms with E-state index in [0.717, 1.165) is 0 Å². The highest BCUT2D eigenvalue weighted by molar-refractivity contribution is 5.73. The van der Waals surface area contributed by atoms with E-state index >= 15 is 0 Å². The molecule has 0 aromatic rings. The zero-order valence-electron chi connectivity index (χ0n) is 11.6. The number of ether oxygens (including phenoxy) is 4. The van der Waals surface area contributed by atoms with Crippen LogP contribution in [0.1, 0.15) is 0 Å². The number of hydrogen-bond donors (Lipinski definition) is 3. The SMILES string of the molecule is COC1OC(C(=O)O)[C@@H](OC)[C@H](O)[C@H]1OCC([NH3+])C(=O)[O-]. The van der Waals surface area contributed by atoms with Crippen LogP contribution in [-0.4, -0.2) is 79.7 Å². The van der Waals surface area contributed by atoms with E-state index in [0.29, 0.717) is 0 Å². The van der Waals surface area contributed by atoms with Crippen LogP contribution >= 0.6 is 0 Å². The minimum Gasteiger partial charge on any atom is -0.544 e. The quantitative estimate of drug-likeness (QED) is 0.421. The number of carbonyl (C=O) groups excluding carboxylic acids is 1. The van der Waals surface area contributed by atoms with Gasteiger partial charge in [-0.15, -0.1) is 0 Å². The van der Waals surface area contributed by atoms with E-state index in [-0.39, 0.29) is 6.61 Å². The average Bonchev–Trinajstić information content (AvgIpc) is 2.44. The monoisotopic (exact) mass is 309 g/mol. The minimum atomic E-state index is -1.44. The van der Waals surface area contributed by atoms with Gasteiger partial charge in [0, 0.05) is 14.2 Å². The van der Waals surface area contributed by atoms with E-state index in [1.807, 2.05) is 0 Å². The predicted octanol–water partition coefficient (Wildman–Crippen LogP) is -4.44. The minimum absolute atomic E-state index is 0.360. The molecule has 1 heterocycles. The molecule has 5 N–H and O–H groups in total. The van der Waals surface area contributed by atoms with Crippen LogP contribution in [0, 0.1) is 0 Å². The summed E-state index contributed by atoms with van der Waals surface area (Å²) >= 11 is 0. The highest BCUT2D eigenvalue weighted by atomic mass is 16.7. The van der Waals surface area contributed by atoms with Crippen molar-refractivity contribution in [2.75, 3.05) is 20.8 Å². The topological polar surface area (TPSA) is 162 Å². The normalized spacial score (nSPS) is 34.4. The highest BCUT2D eigenvalue weighted by Gasteiger charge is 2.49. The summed E-state index contributed by atoms with van der Waals surface area (Å²) in [4.78, 5) is 21.7. The molecular formula is C11H19NO9. The summed E-state index contributed by atoms with van der Waals surface area (Å²) in [5.41, 5.74) is 3.30. The molecule has 3 unspecified atom stereocenters. The maximum absolute atomic E-state index is 11.1. The number of rotatable bonds is 7. The van der Waals surface area contributed by atoms with Crippen LogP contribution in [0.4, 0.5) is 0 Å². The van der Waals surface area contributed by atoms with E-state index < -0.39 is 48.7 Å². The molecule has 122 valence electrons. The molecule has 21 heavy (non-hydrogen) atoms. The number of methoxy groups -OCH3 is 2. The predicted molar refractivity (Wildman–Crippen MR) is 61.5 cm³/mol. The van der Waals surface area contributed by atoms with Crippen LogP contribution < -0.4 is 10.8 Å². The van der Waals surface area contributed by atoms with Gasteiger partial charge in [0.25, 0.3) is 0 Å². The molecule has 6 atom stereocenters. The largest absolute Gasteiger partial charge is 0.544 e. The van der Waals surface area contributed by atoms with Gasteiger partial charge < -0.3 is 44.8 Å². The number of quaternary nitrogens is 1. The molecule has 10 nitrogen and oxygen atoms in total. The second-order valence-electron chi connectivity index (χ2n) is 4.50. The van der Waals surface area contributed by atoms with Gasteiger partial charge in [-0.2, -0.15) is 0 Å². The standard InChI is InChI=1S/C11H19NO9/c1-18-6-5(13)7(20-3-4(12)9(14)15)11(19-2)21-8(6)10(16)17/h4-8,11,13H,3,12H2,1-2H3,(H,14,15)(H,16,17)/t4?,5-,6-,7+,8?,11?/m0/s1. The molecule has 1 rings (SSSR count). The molecule has 1 fully saturated rings. The highest BCUT2D eigenvalue weighted by Crippen LogP contribution is 2.26. The first-order valence-corrected chi connectivity index (χ1v) is 6.11. The van der Waals surface area contributed by atoms with Crippen LogP contribution in [0.5, 0.6) is 0 Å². The Balaban J connectivity index is 2.81. The Morgan fingerprint density at radius 1 is 1.33 bits per heavy atom. The lowest BCUT2D eigenvalue weighted by Crippen LogP contribution is -2.71. The number of hydrogen-bond acceptors (Lipinski definition) is 8.